The lowest BCUT2D eigenvalue weighted by Gasteiger charge is -2.15. The van der Waals surface area contributed by atoms with Crippen LogP contribution in [0.2, 0.25) is 0 Å². The van der Waals surface area contributed by atoms with Gasteiger partial charge in [0.05, 0.1) is 17.1 Å². The molecule has 2 aromatic carbocycles. The van der Waals surface area contributed by atoms with Gasteiger partial charge in [-0.2, -0.15) is 0 Å². The van der Waals surface area contributed by atoms with Crippen LogP contribution in [0.1, 0.15) is 22.7 Å². The van der Waals surface area contributed by atoms with E-state index in [2.05, 4.69) is 9.97 Å². The lowest BCUT2D eigenvalue weighted by Crippen LogP contribution is -2.16. The molecular formula is C15H13F2N3O. The van der Waals surface area contributed by atoms with E-state index in [-0.39, 0.29) is 11.3 Å². The van der Waals surface area contributed by atoms with Gasteiger partial charge in [0.25, 0.3) is 0 Å². The predicted octanol–water partition coefficient (Wildman–Crippen LogP) is 2.49. The Kier molecular flexibility index (Phi) is 3.10. The third kappa shape index (κ3) is 2.23. The van der Waals surface area contributed by atoms with E-state index in [0.717, 1.165) is 0 Å². The third-order valence-electron chi connectivity index (χ3n) is 3.53. The number of halogens is 2. The van der Waals surface area contributed by atoms with Crippen molar-refractivity contribution in [2.45, 2.75) is 13.0 Å². The fourth-order valence-corrected chi connectivity index (χ4v) is 2.37. The highest BCUT2D eigenvalue weighted by Gasteiger charge is 2.20. The molecule has 4 nitrogen and oxygen atoms in total. The summed E-state index contributed by atoms with van der Waals surface area (Å²) in [7, 11) is 0. The molecule has 1 aromatic heterocycles. The van der Waals surface area contributed by atoms with Gasteiger partial charge in [-0.15, -0.1) is 0 Å². The Morgan fingerprint density at radius 2 is 1.81 bits per heavy atom. The van der Waals surface area contributed by atoms with Crippen LogP contribution in [0, 0.1) is 18.6 Å². The molecule has 0 bridgehead atoms. The van der Waals surface area contributed by atoms with E-state index < -0.39 is 17.7 Å². The van der Waals surface area contributed by atoms with Crippen molar-refractivity contribution in [1.29, 1.82) is 0 Å². The average molecular weight is 289 g/mol. The third-order valence-corrected chi connectivity index (χ3v) is 3.53. The highest BCUT2D eigenvalue weighted by Crippen LogP contribution is 2.27. The number of nitrogens with one attached hydrogen (secondary N) is 2. The normalized spacial score (nSPS) is 12.8. The molecule has 21 heavy (non-hydrogen) atoms. The number of imidazole rings is 1. The molecule has 1 heterocycles. The van der Waals surface area contributed by atoms with Gasteiger partial charge in [0.1, 0.15) is 11.6 Å². The van der Waals surface area contributed by atoms with Crippen molar-refractivity contribution in [2.24, 2.45) is 5.73 Å². The van der Waals surface area contributed by atoms with Crippen LogP contribution in [0.4, 0.5) is 8.78 Å². The smallest absolute Gasteiger partial charge is 0.320 e. The van der Waals surface area contributed by atoms with Crippen molar-refractivity contribution < 1.29 is 8.78 Å². The number of rotatable bonds is 2. The van der Waals surface area contributed by atoms with E-state index in [9.17, 15) is 13.6 Å². The van der Waals surface area contributed by atoms with Crippen molar-refractivity contribution in [3.63, 3.8) is 0 Å². The molecule has 0 saturated carbocycles. The summed E-state index contributed by atoms with van der Waals surface area (Å²) in [4.78, 5) is 16.4. The largest absolute Gasteiger partial charge is 0.323 e. The monoisotopic (exact) mass is 289 g/mol. The first-order chi connectivity index (χ1) is 9.97. The number of fused-ring (bicyclic) bond motifs is 1. The van der Waals surface area contributed by atoms with Crippen LogP contribution < -0.4 is 11.4 Å². The Bertz CT molecular complexity index is 882. The van der Waals surface area contributed by atoms with Gasteiger partial charge in [-0.1, -0.05) is 12.1 Å². The van der Waals surface area contributed by atoms with E-state index in [1.165, 1.54) is 12.1 Å². The number of nitrogens with two attached hydrogens (primary N) is 1. The molecule has 6 heteroatoms. The molecule has 0 spiro atoms. The van der Waals surface area contributed by atoms with Crippen LogP contribution in [-0.4, -0.2) is 9.97 Å². The highest BCUT2D eigenvalue weighted by molar-refractivity contribution is 5.75. The van der Waals surface area contributed by atoms with E-state index >= 15 is 0 Å². The van der Waals surface area contributed by atoms with E-state index in [0.29, 0.717) is 22.2 Å². The molecule has 3 aromatic rings. The topological polar surface area (TPSA) is 74.7 Å². The summed E-state index contributed by atoms with van der Waals surface area (Å²) >= 11 is 0. The lowest BCUT2D eigenvalue weighted by atomic mass is 9.96. The zero-order valence-corrected chi connectivity index (χ0v) is 11.2. The van der Waals surface area contributed by atoms with Gasteiger partial charge >= 0.3 is 5.69 Å². The Labute approximate surface area is 118 Å². The summed E-state index contributed by atoms with van der Waals surface area (Å²) in [6, 6.07) is 6.51. The fourth-order valence-electron chi connectivity index (χ4n) is 2.37. The van der Waals surface area contributed by atoms with Crippen molar-refractivity contribution in [2.75, 3.05) is 0 Å². The fraction of sp³-hybridized carbons (Fsp3) is 0.133. The molecule has 0 fully saturated rings. The predicted molar refractivity (Wildman–Crippen MR) is 76.0 cm³/mol. The van der Waals surface area contributed by atoms with Crippen molar-refractivity contribution in [3.05, 3.63) is 69.1 Å². The summed E-state index contributed by atoms with van der Waals surface area (Å²) in [6.45, 7) is 1.55. The van der Waals surface area contributed by atoms with Crippen LogP contribution in [-0.2, 0) is 0 Å². The standard InChI is InChI=1S/C15H13F2N3O/c1-7-2-4-9(16)12(13(7)17)14(18)8-3-5-10-11(6-8)20-15(21)19-10/h2-6,14H,18H2,1H3,(H2,19,20,21). The van der Waals surface area contributed by atoms with Gasteiger partial charge in [-0.25, -0.2) is 13.6 Å². The van der Waals surface area contributed by atoms with E-state index in [1.807, 2.05) is 0 Å². The number of hydrogen-bond acceptors (Lipinski definition) is 2. The van der Waals surface area contributed by atoms with Crippen molar-refractivity contribution in [1.82, 2.24) is 9.97 Å². The van der Waals surface area contributed by atoms with Crippen LogP contribution in [0.5, 0.6) is 0 Å². The Morgan fingerprint density at radius 1 is 1.10 bits per heavy atom. The maximum atomic E-state index is 14.1. The minimum absolute atomic E-state index is 0.174. The maximum Gasteiger partial charge on any atom is 0.323 e. The van der Waals surface area contributed by atoms with Crippen LogP contribution in [0.3, 0.4) is 0 Å². The van der Waals surface area contributed by atoms with Gasteiger partial charge in [0.2, 0.25) is 0 Å². The molecule has 0 radical (unpaired) electrons. The molecule has 108 valence electrons. The maximum absolute atomic E-state index is 14.1. The Morgan fingerprint density at radius 3 is 2.57 bits per heavy atom. The second kappa shape index (κ2) is 4.82. The number of aromatic amines is 2. The first-order valence-corrected chi connectivity index (χ1v) is 6.39. The Balaban J connectivity index is 2.14. The summed E-state index contributed by atoms with van der Waals surface area (Å²) < 4.78 is 28.0. The number of H-pyrrole nitrogens is 2. The molecule has 1 atom stereocenters. The number of benzene rings is 2. The van der Waals surface area contributed by atoms with Crippen molar-refractivity contribution in [3.8, 4) is 0 Å². The zero-order valence-electron chi connectivity index (χ0n) is 11.2. The van der Waals surface area contributed by atoms with E-state index in [1.54, 1.807) is 25.1 Å². The Hall–Kier alpha value is -2.47. The van der Waals surface area contributed by atoms with Gasteiger partial charge in [0, 0.05) is 5.56 Å². The second-order valence-electron chi connectivity index (χ2n) is 4.95. The summed E-state index contributed by atoms with van der Waals surface area (Å²) in [5.41, 5.74) is 7.49. The highest BCUT2D eigenvalue weighted by atomic mass is 19.1. The number of hydrogen-bond donors (Lipinski definition) is 3. The first-order valence-electron chi connectivity index (χ1n) is 6.39. The summed E-state index contributed by atoms with van der Waals surface area (Å²) in [6.07, 6.45) is 0. The summed E-state index contributed by atoms with van der Waals surface area (Å²) in [5.74, 6) is -1.33. The molecule has 1 unspecified atom stereocenters. The van der Waals surface area contributed by atoms with Crippen molar-refractivity contribution >= 4 is 11.0 Å². The van der Waals surface area contributed by atoms with E-state index in [4.69, 9.17) is 5.73 Å². The van der Waals surface area contributed by atoms with Crippen LogP contribution in [0.25, 0.3) is 11.0 Å². The quantitative estimate of drug-likeness (QED) is 0.678. The molecule has 4 N–H and O–H groups in total. The van der Waals surface area contributed by atoms with Crippen LogP contribution >= 0.6 is 0 Å². The molecule has 0 aliphatic heterocycles. The molecule has 3 rings (SSSR count). The van der Waals surface area contributed by atoms with Crippen LogP contribution in [0.15, 0.2) is 35.1 Å². The average Bonchev–Trinajstić information content (AvgIpc) is 2.82. The minimum Gasteiger partial charge on any atom is -0.320 e. The second-order valence-corrected chi connectivity index (χ2v) is 4.95. The molecular weight excluding hydrogens is 276 g/mol. The van der Waals surface area contributed by atoms with Gasteiger partial charge < -0.3 is 15.7 Å². The SMILES string of the molecule is Cc1ccc(F)c(C(N)c2ccc3[nH]c(=O)[nH]c3c2)c1F. The molecule has 0 aliphatic carbocycles. The van der Waals surface area contributed by atoms with Gasteiger partial charge in [-0.3, -0.25) is 0 Å². The van der Waals surface area contributed by atoms with Gasteiger partial charge in [-0.05, 0) is 36.2 Å². The minimum atomic E-state index is -0.951. The molecule has 0 saturated heterocycles. The number of aromatic nitrogens is 2. The zero-order chi connectivity index (χ0) is 15.1. The number of aryl methyl sites for hydroxylation is 1. The summed E-state index contributed by atoms with van der Waals surface area (Å²) in [5, 5.41) is 0. The first kappa shape index (κ1) is 13.5. The lowest BCUT2D eigenvalue weighted by molar-refractivity contribution is 0.538. The molecule has 0 amide bonds. The molecule has 0 aliphatic rings. The van der Waals surface area contributed by atoms with Gasteiger partial charge in [0.15, 0.2) is 0 Å².